The lowest BCUT2D eigenvalue weighted by Gasteiger charge is -2.61. The summed E-state index contributed by atoms with van der Waals surface area (Å²) in [6.07, 6.45) is -4.57. The molecule has 0 amide bonds. The smallest absolute Gasteiger partial charge is 0.312 e. The van der Waals surface area contributed by atoms with Gasteiger partial charge in [-0.15, -0.1) is 0 Å². The second-order valence-electron chi connectivity index (χ2n) is 15.0. The number of hydrogen-bond donors (Lipinski definition) is 2. The van der Waals surface area contributed by atoms with E-state index in [4.69, 9.17) is 14.2 Å². The lowest BCUT2D eigenvalue weighted by molar-refractivity contribution is -0.901. The van der Waals surface area contributed by atoms with Gasteiger partial charge in [-0.3, -0.25) is 19.2 Å². The number of esters is 3. The molecule has 1 aromatic rings. The molecule has 0 radical (unpaired) electrons. The number of fused-ring (bicyclic) bond motifs is 3. The highest BCUT2D eigenvalue weighted by Gasteiger charge is 2.68. The maximum atomic E-state index is 13.6. The van der Waals surface area contributed by atoms with Crippen molar-refractivity contribution in [3.63, 3.8) is 0 Å². The van der Waals surface area contributed by atoms with Crippen molar-refractivity contribution in [2.45, 2.75) is 103 Å². The van der Waals surface area contributed by atoms with Crippen molar-refractivity contribution in [3.8, 4) is 0 Å². The van der Waals surface area contributed by atoms with E-state index in [0.29, 0.717) is 10.1 Å². The Morgan fingerprint density at radius 3 is 2.11 bits per heavy atom. The number of rotatable bonds is 7. The first-order valence-electron chi connectivity index (χ1n) is 15.9. The van der Waals surface area contributed by atoms with Crippen LogP contribution in [0.25, 0.3) is 0 Å². The summed E-state index contributed by atoms with van der Waals surface area (Å²) in [5.74, 6) is -3.18. The number of carbonyl (C=O) groups excluding carboxylic acids is 4. The zero-order valence-corrected chi connectivity index (χ0v) is 28.6. The van der Waals surface area contributed by atoms with Crippen LogP contribution in [0.3, 0.4) is 0 Å². The monoisotopic (exact) mass is 640 g/mol. The van der Waals surface area contributed by atoms with Gasteiger partial charge in [0.2, 0.25) is 0 Å². The molecule has 1 unspecified atom stereocenters. The van der Waals surface area contributed by atoms with Crippen LogP contribution in [0.5, 0.6) is 0 Å². The van der Waals surface area contributed by atoms with E-state index < -0.39 is 70.5 Å². The maximum absolute atomic E-state index is 13.6. The van der Waals surface area contributed by atoms with Crippen molar-refractivity contribution in [2.24, 2.45) is 16.7 Å². The molecule has 10 nitrogen and oxygen atoms in total. The molecule has 2 saturated carbocycles. The van der Waals surface area contributed by atoms with Crippen molar-refractivity contribution in [3.05, 3.63) is 59.2 Å². The van der Waals surface area contributed by atoms with Crippen molar-refractivity contribution in [1.29, 1.82) is 0 Å². The number of Topliss-reactive ketones (excluding diaryl/α,β-unsaturated/α-hetero) is 1. The van der Waals surface area contributed by atoms with Crippen LogP contribution < -0.4 is 0 Å². The number of carbonyl (C=O) groups is 4. The second kappa shape index (κ2) is 12.4. The lowest BCUT2D eigenvalue weighted by Crippen LogP contribution is -2.70. The normalized spacial score (nSPS) is 33.2. The fraction of sp³-hybridized carbons (Fsp3) is 0.611. The Labute approximate surface area is 272 Å². The molecule has 0 aromatic heterocycles. The number of ether oxygens (including phenoxy) is 3. The molecule has 3 aliphatic rings. The van der Waals surface area contributed by atoms with E-state index in [1.54, 1.807) is 27.7 Å². The van der Waals surface area contributed by atoms with Crippen LogP contribution >= 0.6 is 0 Å². The molecule has 0 heterocycles. The van der Waals surface area contributed by atoms with E-state index >= 15 is 0 Å². The summed E-state index contributed by atoms with van der Waals surface area (Å²) in [4.78, 5) is 52.3. The van der Waals surface area contributed by atoms with Gasteiger partial charge in [-0.2, -0.15) is 0 Å². The zero-order chi connectivity index (χ0) is 34.6. The average molecular weight is 641 g/mol. The molecule has 46 heavy (non-hydrogen) atoms. The van der Waals surface area contributed by atoms with Gasteiger partial charge >= 0.3 is 17.9 Å². The molecule has 0 aliphatic heterocycles. The number of benzene rings is 1. The highest BCUT2D eigenvalue weighted by Crippen LogP contribution is 2.61. The number of aliphatic hydroxyl groups excluding tert-OH is 1. The Kier molecular flexibility index (Phi) is 9.54. The Bertz CT molecular complexity index is 1440. The second-order valence-corrected chi connectivity index (χ2v) is 15.0. The molecule has 2 bridgehead atoms. The summed E-state index contributed by atoms with van der Waals surface area (Å²) >= 11 is 0. The third kappa shape index (κ3) is 6.07. The quantitative estimate of drug-likeness (QED) is 0.196. The third-order valence-corrected chi connectivity index (χ3v) is 10.8. The SMILES string of the molecule is C=C1[C@@H](OC(=O)CC(c2ccccc2)[N+](C)(C)C)CC[C@@]2(C)[C@@H](OC(C)=O)[C@H](O)C3=C(C)C(=O)C[C@@](O)([C@@H](OC(C)=O)[C@H]12)C3(C)C. The summed E-state index contributed by atoms with van der Waals surface area (Å²) in [7, 11) is 6.02. The van der Waals surface area contributed by atoms with Crippen molar-refractivity contribution in [2.75, 3.05) is 21.1 Å². The van der Waals surface area contributed by atoms with Crippen LogP contribution in [0.15, 0.2) is 53.6 Å². The molecule has 1 aromatic carbocycles. The van der Waals surface area contributed by atoms with Gasteiger partial charge in [0.25, 0.3) is 0 Å². The van der Waals surface area contributed by atoms with Gasteiger partial charge in [-0.1, -0.05) is 57.7 Å². The molecular formula is C36H50NO9+. The first-order chi connectivity index (χ1) is 21.2. The summed E-state index contributed by atoms with van der Waals surface area (Å²) < 4.78 is 18.4. The summed E-state index contributed by atoms with van der Waals surface area (Å²) in [6.45, 7) is 13.6. The largest absolute Gasteiger partial charge is 0.459 e. The minimum Gasteiger partial charge on any atom is -0.459 e. The molecule has 4 rings (SSSR count). The van der Waals surface area contributed by atoms with E-state index in [9.17, 15) is 29.4 Å². The Balaban J connectivity index is 1.81. The van der Waals surface area contributed by atoms with Crippen LogP contribution in [-0.2, 0) is 33.4 Å². The molecule has 252 valence electrons. The predicted octanol–water partition coefficient (Wildman–Crippen LogP) is 3.99. The van der Waals surface area contributed by atoms with Crippen LogP contribution in [0.2, 0.25) is 0 Å². The topological polar surface area (TPSA) is 136 Å². The Morgan fingerprint density at radius 2 is 1.57 bits per heavy atom. The maximum Gasteiger partial charge on any atom is 0.312 e. The third-order valence-electron chi connectivity index (χ3n) is 10.8. The molecule has 2 N–H and O–H groups in total. The van der Waals surface area contributed by atoms with E-state index in [1.165, 1.54) is 13.8 Å². The van der Waals surface area contributed by atoms with Crippen LogP contribution in [0.4, 0.5) is 0 Å². The minimum atomic E-state index is -1.98. The van der Waals surface area contributed by atoms with Crippen LogP contribution in [-0.4, -0.2) is 89.5 Å². The van der Waals surface area contributed by atoms with Gasteiger partial charge in [0.05, 0.1) is 21.1 Å². The van der Waals surface area contributed by atoms with E-state index in [1.807, 2.05) is 51.5 Å². The predicted molar refractivity (Wildman–Crippen MR) is 170 cm³/mol. The van der Waals surface area contributed by atoms with E-state index in [2.05, 4.69) is 6.58 Å². The summed E-state index contributed by atoms with van der Waals surface area (Å²) in [5, 5.41) is 24.6. The fourth-order valence-electron chi connectivity index (χ4n) is 8.29. The fourth-order valence-corrected chi connectivity index (χ4v) is 8.29. The number of quaternary nitrogens is 1. The van der Waals surface area contributed by atoms with E-state index in [-0.39, 0.29) is 42.9 Å². The molecule has 0 spiro atoms. The van der Waals surface area contributed by atoms with Gasteiger partial charge in [0.15, 0.2) is 5.78 Å². The number of hydrogen-bond acceptors (Lipinski definition) is 9. The number of allylic oxidation sites excluding steroid dienone is 1. The first kappa shape index (κ1) is 35.5. The average Bonchev–Trinajstić information content (AvgIpc) is 2.93. The molecular weight excluding hydrogens is 590 g/mol. The van der Waals surface area contributed by atoms with Gasteiger partial charge < -0.3 is 28.9 Å². The zero-order valence-electron chi connectivity index (χ0n) is 28.6. The Hall–Kier alpha value is -3.34. The van der Waals surface area contributed by atoms with Crippen molar-refractivity contribution >= 4 is 23.7 Å². The van der Waals surface area contributed by atoms with E-state index in [0.717, 1.165) is 5.56 Å². The molecule has 0 saturated heterocycles. The standard InChI is InChI=1S/C36H50NO9/c1-20-26(40)19-36(43)32(44-22(3)38)30-21(2)27(46-28(41)18-25(37(8,9)10)24-14-12-11-13-15-24)16-17-35(30,7)33(45-23(4)39)31(42)29(20)34(36,5)6/h11-15,25,27,30-33,42-43H,2,16-19H2,1,3-10H3/q+1/t25?,27-,30-,31+,32-,33-,35+,36+/m0/s1. The Morgan fingerprint density at radius 1 is 1.00 bits per heavy atom. The molecule has 10 heteroatoms. The van der Waals surface area contributed by atoms with Crippen molar-refractivity contribution < 1.29 is 48.1 Å². The summed E-state index contributed by atoms with van der Waals surface area (Å²) in [5.41, 5.74) is -2.57. The van der Waals surface area contributed by atoms with Gasteiger partial charge in [-0.05, 0) is 36.5 Å². The van der Waals surface area contributed by atoms with Gasteiger partial charge in [0, 0.05) is 42.6 Å². The number of ketones is 1. The van der Waals surface area contributed by atoms with Gasteiger partial charge in [0.1, 0.15) is 42.5 Å². The van der Waals surface area contributed by atoms with Gasteiger partial charge in [-0.25, -0.2) is 0 Å². The lowest BCUT2D eigenvalue weighted by atomic mass is 9.48. The number of aliphatic hydroxyl groups is 2. The molecule has 3 aliphatic carbocycles. The summed E-state index contributed by atoms with van der Waals surface area (Å²) in [6, 6.07) is 9.52. The number of nitrogens with zero attached hydrogens (tertiary/aromatic N) is 1. The van der Waals surface area contributed by atoms with Crippen LogP contribution in [0, 0.1) is 16.7 Å². The first-order valence-corrected chi connectivity index (χ1v) is 15.9. The van der Waals surface area contributed by atoms with Crippen molar-refractivity contribution in [1.82, 2.24) is 0 Å². The highest BCUT2D eigenvalue weighted by atomic mass is 16.6. The highest BCUT2D eigenvalue weighted by molar-refractivity contribution is 5.98. The molecule has 2 fully saturated rings. The van der Waals surface area contributed by atoms with Crippen LogP contribution in [0.1, 0.15) is 78.8 Å². The minimum absolute atomic E-state index is 0.0836. The molecule has 8 atom stereocenters.